The summed E-state index contributed by atoms with van der Waals surface area (Å²) in [5, 5.41) is 9.40. The van der Waals surface area contributed by atoms with Gasteiger partial charge in [-0.05, 0) is 47.0 Å². The highest BCUT2D eigenvalue weighted by molar-refractivity contribution is 5.83. The molecule has 1 amide bonds. The van der Waals surface area contributed by atoms with Crippen molar-refractivity contribution >= 4 is 17.8 Å². The van der Waals surface area contributed by atoms with E-state index in [1.807, 2.05) is 0 Å². The molecule has 2 aliphatic rings. The van der Waals surface area contributed by atoms with E-state index in [-0.39, 0.29) is 17.9 Å². The van der Waals surface area contributed by atoms with Crippen LogP contribution in [0.5, 0.6) is 0 Å². The first-order chi connectivity index (χ1) is 9.61. The number of carbonyl (C=O) groups excluding carboxylic acids is 2. The minimum absolute atomic E-state index is 0.0554. The zero-order valence-electron chi connectivity index (χ0n) is 13.0. The second-order valence-corrected chi connectivity index (χ2v) is 7.00. The summed E-state index contributed by atoms with van der Waals surface area (Å²) in [5.41, 5.74) is -0.640. The van der Waals surface area contributed by atoms with Crippen molar-refractivity contribution in [2.75, 3.05) is 0 Å². The van der Waals surface area contributed by atoms with Crippen molar-refractivity contribution in [1.29, 1.82) is 0 Å². The molecule has 2 bridgehead atoms. The van der Waals surface area contributed by atoms with Crippen LogP contribution >= 0.6 is 0 Å². The van der Waals surface area contributed by atoms with Crippen LogP contribution in [-0.2, 0) is 14.3 Å². The lowest BCUT2D eigenvalue weighted by Crippen LogP contribution is -2.56. The Morgan fingerprint density at radius 3 is 2.05 bits per heavy atom. The van der Waals surface area contributed by atoms with Crippen molar-refractivity contribution in [1.82, 2.24) is 4.90 Å². The van der Waals surface area contributed by atoms with Crippen molar-refractivity contribution in [3.05, 3.63) is 0 Å². The van der Waals surface area contributed by atoms with Crippen molar-refractivity contribution < 1.29 is 24.2 Å². The van der Waals surface area contributed by atoms with Crippen LogP contribution in [0.25, 0.3) is 0 Å². The van der Waals surface area contributed by atoms with Gasteiger partial charge in [0.25, 0.3) is 0 Å². The van der Waals surface area contributed by atoms with Crippen molar-refractivity contribution in [2.24, 2.45) is 11.8 Å². The van der Waals surface area contributed by atoms with Crippen molar-refractivity contribution in [2.45, 2.75) is 64.6 Å². The summed E-state index contributed by atoms with van der Waals surface area (Å²) in [6.07, 6.45) is 1.09. The molecule has 4 atom stereocenters. The van der Waals surface area contributed by atoms with E-state index in [1.54, 1.807) is 20.8 Å². The summed E-state index contributed by atoms with van der Waals surface area (Å²) in [5.74, 6) is -2.09. The number of Topliss-reactive ketones (excluding diaryl/α,β-unsaturated/α-hetero) is 1. The zero-order valence-corrected chi connectivity index (χ0v) is 13.0. The number of fused-ring (bicyclic) bond motifs is 2. The molecule has 0 spiro atoms. The average Bonchev–Trinajstić information content (AvgIpc) is 2.62. The van der Waals surface area contributed by atoms with Gasteiger partial charge >= 0.3 is 12.1 Å². The van der Waals surface area contributed by atoms with E-state index in [9.17, 15) is 19.5 Å². The maximum atomic E-state index is 12.4. The fourth-order valence-corrected chi connectivity index (χ4v) is 3.53. The van der Waals surface area contributed by atoms with E-state index in [1.165, 1.54) is 11.8 Å². The number of carboxylic acids is 1. The number of carbonyl (C=O) groups is 3. The van der Waals surface area contributed by atoms with E-state index in [4.69, 9.17) is 4.74 Å². The second kappa shape index (κ2) is 5.31. The van der Waals surface area contributed by atoms with Crippen LogP contribution in [0.3, 0.4) is 0 Å². The van der Waals surface area contributed by atoms with Crippen LogP contribution in [0.1, 0.15) is 47.0 Å². The van der Waals surface area contributed by atoms with Gasteiger partial charge in [-0.3, -0.25) is 9.59 Å². The van der Waals surface area contributed by atoms with E-state index in [0.717, 1.165) is 0 Å². The number of carboxylic acid groups (broad SMARTS) is 1. The topological polar surface area (TPSA) is 83.9 Å². The van der Waals surface area contributed by atoms with Gasteiger partial charge in [-0.1, -0.05) is 0 Å². The number of hydrogen-bond acceptors (Lipinski definition) is 4. The monoisotopic (exact) mass is 297 g/mol. The Labute approximate surface area is 124 Å². The van der Waals surface area contributed by atoms with Crippen LogP contribution in [-0.4, -0.2) is 45.5 Å². The van der Waals surface area contributed by atoms with E-state index in [0.29, 0.717) is 19.3 Å². The number of aliphatic carboxylic acids is 1. The number of piperidine rings is 1. The van der Waals surface area contributed by atoms with Gasteiger partial charge in [-0.25, -0.2) is 4.79 Å². The zero-order chi connectivity index (χ0) is 15.9. The maximum Gasteiger partial charge on any atom is 0.410 e. The van der Waals surface area contributed by atoms with Gasteiger partial charge in [0.15, 0.2) is 0 Å². The molecule has 118 valence electrons. The first-order valence-electron chi connectivity index (χ1n) is 7.36. The standard InChI is InChI=1S/C15H23NO5/c1-8(17)9-7-10(13(18)19)12-6-5-11(9)16(12)14(20)21-15(2,3)4/h9-12H,5-7H2,1-4H3,(H,18,19)/t9-,10-,11+,12-/m1/s1. The smallest absolute Gasteiger partial charge is 0.410 e. The van der Waals surface area contributed by atoms with Crippen LogP contribution in [0.15, 0.2) is 0 Å². The summed E-state index contributed by atoms with van der Waals surface area (Å²) < 4.78 is 5.40. The third-order valence-corrected chi connectivity index (χ3v) is 4.35. The van der Waals surface area contributed by atoms with E-state index in [2.05, 4.69) is 0 Å². The summed E-state index contributed by atoms with van der Waals surface area (Å²) in [6, 6.07) is -0.587. The molecule has 0 radical (unpaired) electrons. The summed E-state index contributed by atoms with van der Waals surface area (Å²) in [4.78, 5) is 37.2. The minimum atomic E-state index is -0.944. The van der Waals surface area contributed by atoms with Crippen LogP contribution in [0.2, 0.25) is 0 Å². The average molecular weight is 297 g/mol. The molecule has 2 saturated heterocycles. The second-order valence-electron chi connectivity index (χ2n) is 7.00. The van der Waals surface area contributed by atoms with Crippen LogP contribution in [0, 0.1) is 11.8 Å². The Balaban J connectivity index is 2.29. The lowest BCUT2D eigenvalue weighted by Gasteiger charge is -2.42. The van der Waals surface area contributed by atoms with E-state index >= 15 is 0 Å². The molecule has 6 heteroatoms. The first-order valence-corrected chi connectivity index (χ1v) is 7.36. The minimum Gasteiger partial charge on any atom is -0.481 e. The largest absolute Gasteiger partial charge is 0.481 e. The Morgan fingerprint density at radius 1 is 1.10 bits per heavy atom. The van der Waals surface area contributed by atoms with Crippen molar-refractivity contribution in [3.63, 3.8) is 0 Å². The molecule has 0 aliphatic carbocycles. The van der Waals surface area contributed by atoms with Crippen molar-refractivity contribution in [3.8, 4) is 0 Å². The molecular formula is C15H23NO5. The highest BCUT2D eigenvalue weighted by atomic mass is 16.6. The van der Waals surface area contributed by atoms with Gasteiger partial charge in [0.2, 0.25) is 0 Å². The summed E-state index contributed by atoms with van der Waals surface area (Å²) in [7, 11) is 0. The van der Waals surface area contributed by atoms with Gasteiger partial charge in [0, 0.05) is 18.0 Å². The molecule has 2 heterocycles. The summed E-state index contributed by atoms with van der Waals surface area (Å²) >= 11 is 0. The molecule has 0 unspecified atom stereocenters. The van der Waals surface area contributed by atoms with Gasteiger partial charge < -0.3 is 14.7 Å². The fourth-order valence-electron chi connectivity index (χ4n) is 3.53. The summed E-state index contributed by atoms with van der Waals surface area (Å²) in [6.45, 7) is 6.78. The first kappa shape index (κ1) is 15.8. The predicted octanol–water partition coefficient (Wildman–Crippen LogP) is 2.06. The normalized spacial score (nSPS) is 31.9. The number of nitrogens with zero attached hydrogens (tertiary/aromatic N) is 1. The predicted molar refractivity (Wildman–Crippen MR) is 74.8 cm³/mol. The quantitative estimate of drug-likeness (QED) is 0.843. The Morgan fingerprint density at radius 2 is 1.62 bits per heavy atom. The van der Waals surface area contributed by atoms with Crippen LogP contribution in [0.4, 0.5) is 4.79 Å². The Kier molecular flexibility index (Phi) is 4.00. The van der Waals surface area contributed by atoms with Gasteiger partial charge in [0.05, 0.1) is 5.92 Å². The Hall–Kier alpha value is -1.59. The molecule has 1 N–H and O–H groups in total. The maximum absolute atomic E-state index is 12.4. The molecule has 2 fully saturated rings. The molecule has 2 aliphatic heterocycles. The molecule has 6 nitrogen and oxygen atoms in total. The highest BCUT2D eigenvalue weighted by Gasteiger charge is 2.53. The van der Waals surface area contributed by atoms with E-state index < -0.39 is 29.5 Å². The molecule has 2 rings (SSSR count). The third-order valence-electron chi connectivity index (χ3n) is 4.35. The van der Waals surface area contributed by atoms with Gasteiger partial charge in [-0.15, -0.1) is 0 Å². The highest BCUT2D eigenvalue weighted by Crippen LogP contribution is 2.43. The SMILES string of the molecule is CC(=O)[C@H]1C[C@@H](C(=O)O)[C@H]2CC[C@@H]1N2C(=O)OC(C)(C)C. The lowest BCUT2D eigenvalue weighted by molar-refractivity contribution is -0.147. The fraction of sp³-hybridized carbons (Fsp3) is 0.800. The lowest BCUT2D eigenvalue weighted by atomic mass is 9.81. The molecular weight excluding hydrogens is 274 g/mol. The van der Waals surface area contributed by atoms with Gasteiger partial charge in [-0.2, -0.15) is 0 Å². The number of amides is 1. The number of rotatable bonds is 2. The van der Waals surface area contributed by atoms with Gasteiger partial charge in [0.1, 0.15) is 11.4 Å². The molecule has 0 saturated carbocycles. The number of ketones is 1. The third kappa shape index (κ3) is 3.04. The Bertz CT molecular complexity index is 439. The van der Waals surface area contributed by atoms with Crippen LogP contribution < -0.4 is 0 Å². The number of ether oxygens (including phenoxy) is 1. The molecule has 21 heavy (non-hydrogen) atoms. The molecule has 0 aromatic carbocycles. The molecule has 0 aromatic rings. The molecule has 0 aromatic heterocycles. The number of hydrogen-bond donors (Lipinski definition) is 1.